The maximum Gasteiger partial charge on any atom is 0.336 e. The van der Waals surface area contributed by atoms with E-state index in [4.69, 9.17) is 10.8 Å². The third-order valence-corrected chi connectivity index (χ3v) is 1.78. The molecule has 13 heavy (non-hydrogen) atoms. The fraction of sp³-hybridized carbons (Fsp3) is 0.222. The SMILES string of the molecule is NCc1ccc(C(=O)O)c(CF)c1. The molecule has 1 rings (SSSR count). The molecule has 0 aliphatic carbocycles. The number of hydrogen-bond donors (Lipinski definition) is 2. The van der Waals surface area contributed by atoms with Crippen LogP contribution in [0.4, 0.5) is 4.39 Å². The monoisotopic (exact) mass is 183 g/mol. The van der Waals surface area contributed by atoms with E-state index in [2.05, 4.69) is 0 Å². The Kier molecular flexibility index (Phi) is 2.97. The lowest BCUT2D eigenvalue weighted by Gasteiger charge is -2.03. The lowest BCUT2D eigenvalue weighted by molar-refractivity contribution is 0.0694. The molecule has 1 aromatic carbocycles. The van der Waals surface area contributed by atoms with Crippen LogP contribution in [0.15, 0.2) is 18.2 Å². The number of halogens is 1. The van der Waals surface area contributed by atoms with Crippen molar-refractivity contribution in [2.45, 2.75) is 13.2 Å². The van der Waals surface area contributed by atoms with Crippen LogP contribution in [0, 0.1) is 0 Å². The van der Waals surface area contributed by atoms with E-state index in [0.29, 0.717) is 0 Å². The molecule has 0 aromatic heterocycles. The Labute approximate surface area is 75.0 Å². The topological polar surface area (TPSA) is 63.3 Å². The maximum absolute atomic E-state index is 12.4. The third kappa shape index (κ3) is 2.03. The van der Waals surface area contributed by atoms with Gasteiger partial charge in [0, 0.05) is 6.54 Å². The minimum Gasteiger partial charge on any atom is -0.478 e. The highest BCUT2D eigenvalue weighted by Gasteiger charge is 2.09. The molecule has 0 spiro atoms. The lowest BCUT2D eigenvalue weighted by Crippen LogP contribution is -2.04. The number of rotatable bonds is 3. The zero-order chi connectivity index (χ0) is 9.84. The summed E-state index contributed by atoms with van der Waals surface area (Å²) in [5, 5.41) is 8.66. The standard InChI is InChI=1S/C9H10FNO2/c10-4-7-3-6(5-11)1-2-8(7)9(12)13/h1-3H,4-5,11H2,(H,12,13). The van der Waals surface area contributed by atoms with Crippen molar-refractivity contribution in [3.8, 4) is 0 Å². The van der Waals surface area contributed by atoms with Crippen molar-refractivity contribution in [2.75, 3.05) is 0 Å². The summed E-state index contributed by atoms with van der Waals surface area (Å²) < 4.78 is 12.4. The molecule has 0 unspecified atom stereocenters. The molecule has 0 saturated carbocycles. The van der Waals surface area contributed by atoms with Crippen LogP contribution in [0.5, 0.6) is 0 Å². The summed E-state index contributed by atoms with van der Waals surface area (Å²) in [4.78, 5) is 10.6. The molecular formula is C9H10FNO2. The molecule has 4 heteroatoms. The number of carboxylic acid groups (broad SMARTS) is 1. The maximum atomic E-state index is 12.4. The summed E-state index contributed by atoms with van der Waals surface area (Å²) in [6, 6.07) is 4.44. The summed E-state index contributed by atoms with van der Waals surface area (Å²) in [7, 11) is 0. The van der Waals surface area contributed by atoms with Gasteiger partial charge in [-0.3, -0.25) is 0 Å². The van der Waals surface area contributed by atoms with Gasteiger partial charge in [-0.2, -0.15) is 0 Å². The van der Waals surface area contributed by atoms with Gasteiger partial charge in [0.25, 0.3) is 0 Å². The first-order valence-electron chi connectivity index (χ1n) is 3.80. The van der Waals surface area contributed by atoms with Gasteiger partial charge in [0.1, 0.15) is 6.67 Å². The molecule has 0 bridgehead atoms. The van der Waals surface area contributed by atoms with Crippen molar-refractivity contribution in [3.05, 3.63) is 34.9 Å². The Hall–Kier alpha value is -1.42. The summed E-state index contributed by atoms with van der Waals surface area (Å²) in [6.45, 7) is -0.498. The van der Waals surface area contributed by atoms with Gasteiger partial charge < -0.3 is 10.8 Å². The average Bonchev–Trinajstić information content (AvgIpc) is 2.16. The van der Waals surface area contributed by atoms with Crippen molar-refractivity contribution < 1.29 is 14.3 Å². The van der Waals surface area contributed by atoms with Gasteiger partial charge in [-0.05, 0) is 17.2 Å². The molecular weight excluding hydrogens is 173 g/mol. The number of aromatic carboxylic acids is 1. The van der Waals surface area contributed by atoms with E-state index in [1.165, 1.54) is 12.1 Å². The first-order valence-corrected chi connectivity index (χ1v) is 3.80. The van der Waals surface area contributed by atoms with Crippen molar-refractivity contribution in [1.29, 1.82) is 0 Å². The Morgan fingerprint density at radius 3 is 2.69 bits per heavy atom. The van der Waals surface area contributed by atoms with Gasteiger partial charge in [-0.15, -0.1) is 0 Å². The highest BCUT2D eigenvalue weighted by atomic mass is 19.1. The molecule has 70 valence electrons. The number of alkyl halides is 1. The van der Waals surface area contributed by atoms with E-state index in [1.54, 1.807) is 6.07 Å². The average molecular weight is 183 g/mol. The van der Waals surface area contributed by atoms with Crippen LogP contribution in [0.1, 0.15) is 21.5 Å². The van der Waals surface area contributed by atoms with Crippen LogP contribution in [0.25, 0.3) is 0 Å². The molecule has 1 aromatic rings. The number of carboxylic acids is 1. The van der Waals surface area contributed by atoms with E-state index in [1.807, 2.05) is 0 Å². The van der Waals surface area contributed by atoms with Crippen LogP contribution in [0.2, 0.25) is 0 Å². The van der Waals surface area contributed by atoms with Crippen molar-refractivity contribution in [2.24, 2.45) is 5.73 Å². The van der Waals surface area contributed by atoms with E-state index in [-0.39, 0.29) is 17.7 Å². The minimum absolute atomic E-state index is 0.000278. The number of hydrogen-bond acceptors (Lipinski definition) is 2. The molecule has 0 amide bonds. The van der Waals surface area contributed by atoms with Crippen molar-refractivity contribution in [3.63, 3.8) is 0 Å². The molecule has 0 aliphatic rings. The van der Waals surface area contributed by atoms with Crippen LogP contribution < -0.4 is 5.73 Å². The summed E-state index contributed by atoms with van der Waals surface area (Å²) >= 11 is 0. The van der Waals surface area contributed by atoms with Crippen LogP contribution in [-0.2, 0) is 13.2 Å². The van der Waals surface area contributed by atoms with Gasteiger partial charge in [0.15, 0.2) is 0 Å². The highest BCUT2D eigenvalue weighted by Crippen LogP contribution is 2.13. The molecule has 0 heterocycles. The highest BCUT2D eigenvalue weighted by molar-refractivity contribution is 5.89. The van der Waals surface area contributed by atoms with Gasteiger partial charge in [-0.1, -0.05) is 12.1 Å². The first-order chi connectivity index (χ1) is 6.19. The van der Waals surface area contributed by atoms with Crippen molar-refractivity contribution >= 4 is 5.97 Å². The predicted molar refractivity (Wildman–Crippen MR) is 46.1 cm³/mol. The Balaban J connectivity index is 3.15. The minimum atomic E-state index is -1.11. The summed E-state index contributed by atoms with van der Waals surface area (Å²) in [6.07, 6.45) is 0. The van der Waals surface area contributed by atoms with Crippen LogP contribution >= 0.6 is 0 Å². The fourth-order valence-corrected chi connectivity index (χ4v) is 1.09. The van der Waals surface area contributed by atoms with Gasteiger partial charge in [0.05, 0.1) is 5.56 Å². The summed E-state index contributed by atoms with van der Waals surface area (Å²) in [5.41, 5.74) is 6.24. The second kappa shape index (κ2) is 4.00. The Bertz CT molecular complexity index is 325. The molecule has 0 fully saturated rings. The van der Waals surface area contributed by atoms with E-state index < -0.39 is 12.6 Å². The smallest absolute Gasteiger partial charge is 0.336 e. The number of nitrogens with two attached hydrogens (primary N) is 1. The zero-order valence-corrected chi connectivity index (χ0v) is 6.96. The second-order valence-corrected chi connectivity index (χ2v) is 2.63. The first kappa shape index (κ1) is 9.67. The molecule has 3 nitrogen and oxygen atoms in total. The van der Waals surface area contributed by atoms with Crippen LogP contribution in [0.3, 0.4) is 0 Å². The van der Waals surface area contributed by atoms with Gasteiger partial charge >= 0.3 is 5.97 Å². The fourth-order valence-electron chi connectivity index (χ4n) is 1.09. The number of benzene rings is 1. The molecule has 0 radical (unpaired) electrons. The van der Waals surface area contributed by atoms with E-state index >= 15 is 0 Å². The molecule has 3 N–H and O–H groups in total. The zero-order valence-electron chi connectivity index (χ0n) is 6.96. The Morgan fingerprint density at radius 1 is 1.54 bits per heavy atom. The third-order valence-electron chi connectivity index (χ3n) is 1.78. The predicted octanol–water partition coefficient (Wildman–Crippen LogP) is 1.31. The normalized spacial score (nSPS) is 10.0. The van der Waals surface area contributed by atoms with Gasteiger partial charge in [0.2, 0.25) is 0 Å². The second-order valence-electron chi connectivity index (χ2n) is 2.63. The van der Waals surface area contributed by atoms with Crippen LogP contribution in [-0.4, -0.2) is 11.1 Å². The van der Waals surface area contributed by atoms with Gasteiger partial charge in [-0.25, -0.2) is 9.18 Å². The van der Waals surface area contributed by atoms with Crippen molar-refractivity contribution in [1.82, 2.24) is 0 Å². The molecule has 0 atom stereocenters. The summed E-state index contributed by atoms with van der Waals surface area (Å²) in [5.74, 6) is -1.11. The van der Waals surface area contributed by atoms with E-state index in [0.717, 1.165) is 5.56 Å². The lowest BCUT2D eigenvalue weighted by atomic mass is 10.0. The number of carbonyl (C=O) groups is 1. The largest absolute Gasteiger partial charge is 0.478 e. The Morgan fingerprint density at radius 2 is 2.23 bits per heavy atom. The molecule has 0 saturated heterocycles. The quantitative estimate of drug-likeness (QED) is 0.742. The molecule has 0 aliphatic heterocycles. The van der Waals surface area contributed by atoms with E-state index in [9.17, 15) is 9.18 Å².